The summed E-state index contributed by atoms with van der Waals surface area (Å²) in [6, 6.07) is 3.81. The van der Waals surface area contributed by atoms with Crippen LogP contribution in [0, 0.1) is 20.8 Å². The van der Waals surface area contributed by atoms with Crippen molar-refractivity contribution < 1.29 is 14.3 Å². The predicted octanol–water partition coefficient (Wildman–Crippen LogP) is 2.26. The van der Waals surface area contributed by atoms with E-state index in [2.05, 4.69) is 16.7 Å². The first-order chi connectivity index (χ1) is 11.5. The van der Waals surface area contributed by atoms with Crippen molar-refractivity contribution in [3.63, 3.8) is 0 Å². The zero-order valence-electron chi connectivity index (χ0n) is 14.8. The van der Waals surface area contributed by atoms with Gasteiger partial charge in [0.05, 0.1) is 0 Å². The van der Waals surface area contributed by atoms with E-state index >= 15 is 0 Å². The quantitative estimate of drug-likeness (QED) is 0.594. The molecule has 132 valence electrons. The molecule has 2 rings (SSSR count). The average molecular weight is 333 g/mol. The summed E-state index contributed by atoms with van der Waals surface area (Å²) in [7, 11) is 0. The van der Waals surface area contributed by atoms with Gasteiger partial charge >= 0.3 is 6.03 Å². The fourth-order valence-corrected chi connectivity index (χ4v) is 2.80. The highest BCUT2D eigenvalue weighted by Crippen LogP contribution is 2.25. The number of ether oxygens (including phenoxy) is 1. The standard InChI is InChI=1S/C18H27N3O3/c1-13-7-8-14(2)17(15(13)3)24-12-20-18(23)19-9-5-11-21-10-4-6-16(21)22/h7-8H,4-6,9-12H2,1-3H3,(H2,19,20,23). The van der Waals surface area contributed by atoms with Crippen LogP contribution >= 0.6 is 0 Å². The molecule has 2 N–H and O–H groups in total. The first-order valence-electron chi connectivity index (χ1n) is 8.48. The number of urea groups is 1. The Balaban J connectivity index is 1.63. The number of hydrogen-bond acceptors (Lipinski definition) is 3. The van der Waals surface area contributed by atoms with Crippen molar-refractivity contribution in [2.75, 3.05) is 26.4 Å². The van der Waals surface area contributed by atoms with E-state index in [9.17, 15) is 9.59 Å². The number of carbonyl (C=O) groups excluding carboxylic acids is 2. The summed E-state index contributed by atoms with van der Waals surface area (Å²) < 4.78 is 5.70. The number of likely N-dealkylation sites (tertiary alicyclic amines) is 1. The molecule has 0 radical (unpaired) electrons. The van der Waals surface area contributed by atoms with Crippen LogP contribution in [0.15, 0.2) is 12.1 Å². The van der Waals surface area contributed by atoms with Gasteiger partial charge in [-0.25, -0.2) is 4.79 Å². The summed E-state index contributed by atoms with van der Waals surface area (Å²) in [5.41, 5.74) is 3.31. The second kappa shape index (κ2) is 8.57. The van der Waals surface area contributed by atoms with Gasteiger partial charge in [-0.2, -0.15) is 0 Å². The zero-order chi connectivity index (χ0) is 17.5. The van der Waals surface area contributed by atoms with Gasteiger partial charge in [0.15, 0.2) is 6.73 Å². The minimum absolute atomic E-state index is 0.127. The van der Waals surface area contributed by atoms with Crippen LogP contribution in [0.3, 0.4) is 0 Å². The van der Waals surface area contributed by atoms with Gasteiger partial charge in [-0.3, -0.25) is 4.79 Å². The molecule has 3 amide bonds. The molecule has 24 heavy (non-hydrogen) atoms. The third-order valence-electron chi connectivity index (χ3n) is 4.38. The monoisotopic (exact) mass is 333 g/mol. The lowest BCUT2D eigenvalue weighted by Crippen LogP contribution is -2.39. The zero-order valence-corrected chi connectivity index (χ0v) is 14.8. The first kappa shape index (κ1) is 18.1. The van der Waals surface area contributed by atoms with Gasteiger partial charge in [0.1, 0.15) is 5.75 Å². The summed E-state index contributed by atoms with van der Waals surface area (Å²) in [6.07, 6.45) is 2.36. The summed E-state index contributed by atoms with van der Waals surface area (Å²) in [4.78, 5) is 25.1. The van der Waals surface area contributed by atoms with Crippen LogP contribution < -0.4 is 15.4 Å². The second-order valence-corrected chi connectivity index (χ2v) is 6.21. The lowest BCUT2D eigenvalue weighted by atomic mass is 10.1. The molecule has 0 spiro atoms. The SMILES string of the molecule is Cc1ccc(C)c(OCNC(=O)NCCCN2CCCC2=O)c1C. The van der Waals surface area contributed by atoms with E-state index in [1.807, 2.05) is 31.7 Å². The Kier molecular flexibility index (Phi) is 6.46. The Morgan fingerprint density at radius 1 is 1.21 bits per heavy atom. The molecule has 1 aromatic rings. The van der Waals surface area contributed by atoms with Crippen LogP contribution in [-0.4, -0.2) is 43.2 Å². The highest BCUT2D eigenvalue weighted by Gasteiger charge is 2.18. The molecule has 1 heterocycles. The Labute approximate surface area is 143 Å². The van der Waals surface area contributed by atoms with E-state index in [-0.39, 0.29) is 18.7 Å². The maximum atomic E-state index is 11.7. The van der Waals surface area contributed by atoms with Gasteiger partial charge in [-0.05, 0) is 50.3 Å². The van der Waals surface area contributed by atoms with Crippen molar-refractivity contribution in [3.8, 4) is 5.75 Å². The number of rotatable bonds is 7. The van der Waals surface area contributed by atoms with Gasteiger partial charge in [0, 0.05) is 26.1 Å². The van der Waals surface area contributed by atoms with Crippen molar-refractivity contribution in [1.29, 1.82) is 0 Å². The molecule has 0 aliphatic carbocycles. The summed E-state index contributed by atoms with van der Waals surface area (Å²) in [6.45, 7) is 8.25. The molecule has 0 saturated carbocycles. The van der Waals surface area contributed by atoms with Gasteiger partial charge in [-0.15, -0.1) is 0 Å². The number of nitrogens with zero attached hydrogens (tertiary/aromatic N) is 1. The fraction of sp³-hybridized carbons (Fsp3) is 0.556. The molecule has 0 unspecified atom stereocenters. The molecular formula is C18H27N3O3. The van der Waals surface area contributed by atoms with Crippen molar-refractivity contribution in [1.82, 2.24) is 15.5 Å². The van der Waals surface area contributed by atoms with Crippen LogP contribution in [0.5, 0.6) is 5.75 Å². The van der Waals surface area contributed by atoms with Crippen molar-refractivity contribution in [3.05, 3.63) is 28.8 Å². The minimum Gasteiger partial charge on any atom is -0.473 e. The van der Waals surface area contributed by atoms with E-state index in [1.165, 1.54) is 0 Å². The van der Waals surface area contributed by atoms with Crippen LogP contribution in [0.2, 0.25) is 0 Å². The predicted molar refractivity (Wildman–Crippen MR) is 93.1 cm³/mol. The average Bonchev–Trinajstić information content (AvgIpc) is 2.96. The number of nitrogens with one attached hydrogen (secondary N) is 2. The molecular weight excluding hydrogens is 306 g/mol. The molecule has 1 aliphatic rings. The number of aryl methyl sites for hydroxylation is 2. The highest BCUT2D eigenvalue weighted by molar-refractivity contribution is 5.78. The summed E-state index contributed by atoms with van der Waals surface area (Å²) in [5.74, 6) is 1.04. The largest absolute Gasteiger partial charge is 0.473 e. The van der Waals surface area contributed by atoms with E-state index in [0.717, 1.165) is 41.8 Å². The molecule has 0 bridgehead atoms. The fourth-order valence-electron chi connectivity index (χ4n) is 2.80. The maximum Gasteiger partial charge on any atom is 0.317 e. The molecule has 1 aliphatic heterocycles. The Morgan fingerprint density at radius 3 is 2.67 bits per heavy atom. The normalized spacial score (nSPS) is 14.0. The topological polar surface area (TPSA) is 70.7 Å². The number of benzene rings is 1. The minimum atomic E-state index is -0.259. The molecule has 0 aromatic heterocycles. The molecule has 1 aromatic carbocycles. The lowest BCUT2D eigenvalue weighted by Gasteiger charge is -2.16. The van der Waals surface area contributed by atoms with Crippen LogP contribution in [0.25, 0.3) is 0 Å². The van der Waals surface area contributed by atoms with Gasteiger partial charge < -0.3 is 20.3 Å². The second-order valence-electron chi connectivity index (χ2n) is 6.21. The smallest absolute Gasteiger partial charge is 0.317 e. The number of hydrogen-bond donors (Lipinski definition) is 2. The van der Waals surface area contributed by atoms with Crippen molar-refractivity contribution in [2.24, 2.45) is 0 Å². The molecule has 0 atom stereocenters. The Bertz CT molecular complexity index is 601. The third kappa shape index (κ3) is 4.88. The maximum absolute atomic E-state index is 11.7. The molecule has 6 heteroatoms. The molecule has 1 fully saturated rings. The van der Waals surface area contributed by atoms with Crippen LogP contribution in [0.1, 0.15) is 36.0 Å². The van der Waals surface area contributed by atoms with E-state index in [4.69, 9.17) is 4.74 Å². The van der Waals surface area contributed by atoms with E-state index < -0.39 is 0 Å². The Morgan fingerprint density at radius 2 is 1.96 bits per heavy atom. The Hall–Kier alpha value is -2.24. The van der Waals surface area contributed by atoms with E-state index in [0.29, 0.717) is 19.5 Å². The number of amides is 3. The van der Waals surface area contributed by atoms with Crippen LogP contribution in [-0.2, 0) is 4.79 Å². The van der Waals surface area contributed by atoms with Gasteiger partial charge in [-0.1, -0.05) is 12.1 Å². The number of carbonyl (C=O) groups is 2. The van der Waals surface area contributed by atoms with E-state index in [1.54, 1.807) is 0 Å². The van der Waals surface area contributed by atoms with Crippen LogP contribution in [0.4, 0.5) is 4.79 Å². The summed E-state index contributed by atoms with van der Waals surface area (Å²) >= 11 is 0. The van der Waals surface area contributed by atoms with Crippen molar-refractivity contribution in [2.45, 2.75) is 40.0 Å². The molecule has 6 nitrogen and oxygen atoms in total. The lowest BCUT2D eigenvalue weighted by molar-refractivity contribution is -0.127. The highest BCUT2D eigenvalue weighted by atomic mass is 16.5. The molecule has 1 saturated heterocycles. The summed E-state index contributed by atoms with van der Waals surface area (Å²) in [5, 5.41) is 5.47. The first-order valence-corrected chi connectivity index (χ1v) is 8.48. The third-order valence-corrected chi connectivity index (χ3v) is 4.38. The van der Waals surface area contributed by atoms with Gasteiger partial charge in [0.2, 0.25) is 5.91 Å². The van der Waals surface area contributed by atoms with Crippen molar-refractivity contribution >= 4 is 11.9 Å². The van der Waals surface area contributed by atoms with Gasteiger partial charge in [0.25, 0.3) is 0 Å².